The van der Waals surface area contributed by atoms with E-state index in [0.29, 0.717) is 0 Å². The van der Waals surface area contributed by atoms with E-state index in [0.717, 1.165) is 27.9 Å². The van der Waals surface area contributed by atoms with Crippen molar-refractivity contribution in [2.24, 2.45) is 4.99 Å². The van der Waals surface area contributed by atoms with E-state index in [1.54, 1.807) is 13.3 Å². The normalized spacial score (nSPS) is 11.1. The summed E-state index contributed by atoms with van der Waals surface area (Å²) in [6.07, 6.45) is 3.60. The number of hydrogen-bond acceptors (Lipinski definition) is 3. The lowest BCUT2D eigenvalue weighted by molar-refractivity contribution is 0.415. The number of nitrogens with zero attached hydrogens (tertiary/aromatic N) is 2. The van der Waals surface area contributed by atoms with Crippen LogP contribution in [0.3, 0.4) is 0 Å². The van der Waals surface area contributed by atoms with E-state index in [4.69, 9.17) is 4.74 Å². The van der Waals surface area contributed by atoms with Crippen LogP contribution in [0.5, 0.6) is 5.75 Å². The average Bonchev–Trinajstić information content (AvgIpc) is 2.53. The summed E-state index contributed by atoms with van der Waals surface area (Å²) < 4.78 is 5.13. The average molecular weight is 262 g/mol. The van der Waals surface area contributed by atoms with E-state index in [1.165, 1.54) is 0 Å². The zero-order chi connectivity index (χ0) is 13.8. The monoisotopic (exact) mass is 262 g/mol. The standard InChI is InChI=1S/C17H14N2O/c1-20-16-8-6-13(7-9-16)11-18-15-10-14-4-2-3-5-17(14)19-12-15/h2-12H,1H3. The second-order valence-electron chi connectivity index (χ2n) is 4.42. The Kier molecular flexibility index (Phi) is 3.42. The van der Waals surface area contributed by atoms with Crippen molar-refractivity contribution in [2.75, 3.05) is 7.11 Å². The maximum Gasteiger partial charge on any atom is 0.118 e. The zero-order valence-corrected chi connectivity index (χ0v) is 11.2. The highest BCUT2D eigenvalue weighted by Crippen LogP contribution is 2.18. The number of ether oxygens (including phenoxy) is 1. The van der Waals surface area contributed by atoms with Crippen LogP contribution in [0.25, 0.3) is 10.9 Å². The molecule has 3 rings (SSSR count). The molecule has 0 saturated carbocycles. The van der Waals surface area contributed by atoms with Gasteiger partial charge in [-0.2, -0.15) is 0 Å². The first kappa shape index (κ1) is 12.4. The number of para-hydroxylation sites is 1. The fraction of sp³-hybridized carbons (Fsp3) is 0.0588. The Hall–Kier alpha value is -2.68. The van der Waals surface area contributed by atoms with Crippen LogP contribution in [0.4, 0.5) is 5.69 Å². The number of pyridine rings is 1. The van der Waals surface area contributed by atoms with Gasteiger partial charge in [-0.05, 0) is 42.0 Å². The van der Waals surface area contributed by atoms with Crippen LogP contribution in [0, 0.1) is 0 Å². The van der Waals surface area contributed by atoms with Gasteiger partial charge in [-0.1, -0.05) is 18.2 Å². The fourth-order valence-corrected chi connectivity index (χ4v) is 1.97. The summed E-state index contributed by atoms with van der Waals surface area (Å²) in [5.74, 6) is 0.842. The molecule has 0 spiro atoms. The number of benzene rings is 2. The Morgan fingerprint density at radius 1 is 1.05 bits per heavy atom. The quantitative estimate of drug-likeness (QED) is 0.669. The third-order valence-electron chi connectivity index (χ3n) is 3.05. The molecule has 0 atom stereocenters. The lowest BCUT2D eigenvalue weighted by Gasteiger charge is -2.00. The predicted octanol–water partition coefficient (Wildman–Crippen LogP) is 3.99. The maximum atomic E-state index is 5.13. The molecule has 0 unspecified atom stereocenters. The SMILES string of the molecule is COc1ccc(C=Nc2cnc3ccccc3c2)cc1. The predicted molar refractivity (Wildman–Crippen MR) is 82.0 cm³/mol. The number of hydrogen-bond donors (Lipinski definition) is 0. The summed E-state index contributed by atoms with van der Waals surface area (Å²) in [6, 6.07) is 17.8. The lowest BCUT2D eigenvalue weighted by Crippen LogP contribution is -1.84. The third-order valence-corrected chi connectivity index (χ3v) is 3.05. The van der Waals surface area contributed by atoms with Crippen molar-refractivity contribution in [3.8, 4) is 5.75 Å². The molecule has 0 aliphatic carbocycles. The van der Waals surface area contributed by atoms with Crippen molar-refractivity contribution in [1.82, 2.24) is 4.98 Å². The van der Waals surface area contributed by atoms with Crippen molar-refractivity contribution in [1.29, 1.82) is 0 Å². The lowest BCUT2D eigenvalue weighted by atomic mass is 10.2. The van der Waals surface area contributed by atoms with Crippen LogP contribution < -0.4 is 4.74 Å². The second kappa shape index (κ2) is 5.53. The largest absolute Gasteiger partial charge is 0.497 e. The molecule has 2 aromatic carbocycles. The summed E-state index contributed by atoms with van der Waals surface area (Å²) in [5.41, 5.74) is 2.86. The van der Waals surface area contributed by atoms with Crippen LogP contribution >= 0.6 is 0 Å². The molecule has 0 bridgehead atoms. The Bertz CT molecular complexity index is 748. The van der Waals surface area contributed by atoms with E-state index in [9.17, 15) is 0 Å². The van der Waals surface area contributed by atoms with E-state index < -0.39 is 0 Å². The highest BCUT2D eigenvalue weighted by atomic mass is 16.5. The summed E-state index contributed by atoms with van der Waals surface area (Å²) in [5, 5.41) is 1.09. The van der Waals surface area contributed by atoms with Gasteiger partial charge in [-0.15, -0.1) is 0 Å². The van der Waals surface area contributed by atoms with Gasteiger partial charge in [0.1, 0.15) is 5.75 Å². The molecule has 20 heavy (non-hydrogen) atoms. The van der Waals surface area contributed by atoms with Gasteiger partial charge < -0.3 is 4.74 Å². The van der Waals surface area contributed by atoms with Crippen molar-refractivity contribution in [3.63, 3.8) is 0 Å². The van der Waals surface area contributed by atoms with E-state index in [2.05, 4.69) is 9.98 Å². The van der Waals surface area contributed by atoms with Crippen LogP contribution in [-0.4, -0.2) is 18.3 Å². The Morgan fingerprint density at radius 3 is 2.65 bits per heavy atom. The van der Waals surface area contributed by atoms with Gasteiger partial charge in [0.05, 0.1) is 24.5 Å². The molecule has 0 N–H and O–H groups in total. The van der Waals surface area contributed by atoms with Crippen LogP contribution in [0.2, 0.25) is 0 Å². The number of methoxy groups -OCH3 is 1. The molecule has 0 aliphatic heterocycles. The molecule has 3 heteroatoms. The zero-order valence-electron chi connectivity index (χ0n) is 11.2. The molecule has 0 amide bonds. The fourth-order valence-electron chi connectivity index (χ4n) is 1.97. The van der Waals surface area contributed by atoms with E-state index in [1.807, 2.05) is 60.8 Å². The highest BCUT2D eigenvalue weighted by molar-refractivity contribution is 5.85. The summed E-state index contributed by atoms with van der Waals surface area (Å²) in [4.78, 5) is 8.84. The Morgan fingerprint density at radius 2 is 1.85 bits per heavy atom. The number of aliphatic imine (C=N–C) groups is 1. The van der Waals surface area contributed by atoms with Crippen molar-refractivity contribution < 1.29 is 4.74 Å². The second-order valence-corrected chi connectivity index (χ2v) is 4.42. The maximum absolute atomic E-state index is 5.13. The molecule has 0 radical (unpaired) electrons. The molecule has 3 aromatic rings. The smallest absolute Gasteiger partial charge is 0.118 e. The van der Waals surface area contributed by atoms with Gasteiger partial charge in [0.15, 0.2) is 0 Å². The Balaban J connectivity index is 1.85. The molecular formula is C17H14N2O. The summed E-state index contributed by atoms with van der Waals surface area (Å²) in [6.45, 7) is 0. The first-order valence-corrected chi connectivity index (χ1v) is 6.38. The molecule has 0 saturated heterocycles. The number of fused-ring (bicyclic) bond motifs is 1. The van der Waals surface area contributed by atoms with Gasteiger partial charge in [0, 0.05) is 11.6 Å². The highest BCUT2D eigenvalue weighted by Gasteiger charge is 1.95. The molecule has 3 nitrogen and oxygen atoms in total. The topological polar surface area (TPSA) is 34.5 Å². The van der Waals surface area contributed by atoms with Gasteiger partial charge in [-0.3, -0.25) is 9.98 Å². The number of rotatable bonds is 3. The van der Waals surface area contributed by atoms with Gasteiger partial charge in [0.25, 0.3) is 0 Å². The van der Waals surface area contributed by atoms with Gasteiger partial charge in [0.2, 0.25) is 0 Å². The van der Waals surface area contributed by atoms with Crippen molar-refractivity contribution >= 4 is 22.8 Å². The number of aromatic nitrogens is 1. The van der Waals surface area contributed by atoms with Crippen LogP contribution in [0.1, 0.15) is 5.56 Å². The third kappa shape index (κ3) is 2.67. The molecular weight excluding hydrogens is 248 g/mol. The minimum atomic E-state index is 0.842. The summed E-state index contributed by atoms with van der Waals surface area (Å²) in [7, 11) is 1.66. The van der Waals surface area contributed by atoms with Crippen molar-refractivity contribution in [2.45, 2.75) is 0 Å². The van der Waals surface area contributed by atoms with Crippen LogP contribution in [0.15, 0.2) is 65.8 Å². The summed E-state index contributed by atoms with van der Waals surface area (Å²) >= 11 is 0. The molecule has 1 heterocycles. The molecule has 1 aromatic heterocycles. The van der Waals surface area contributed by atoms with Crippen molar-refractivity contribution in [3.05, 3.63) is 66.4 Å². The van der Waals surface area contributed by atoms with E-state index >= 15 is 0 Å². The Labute approximate surface area is 117 Å². The van der Waals surface area contributed by atoms with Gasteiger partial charge in [-0.25, -0.2) is 0 Å². The van der Waals surface area contributed by atoms with E-state index in [-0.39, 0.29) is 0 Å². The first-order valence-electron chi connectivity index (χ1n) is 6.38. The first-order chi connectivity index (χ1) is 9.85. The molecule has 98 valence electrons. The molecule has 0 fully saturated rings. The molecule has 0 aliphatic rings. The van der Waals surface area contributed by atoms with Gasteiger partial charge >= 0.3 is 0 Å². The minimum Gasteiger partial charge on any atom is -0.497 e. The van der Waals surface area contributed by atoms with Crippen LogP contribution in [-0.2, 0) is 0 Å². The minimum absolute atomic E-state index is 0.842.